The van der Waals surface area contributed by atoms with Gasteiger partial charge in [-0.1, -0.05) is 36.4 Å². The first-order valence-corrected chi connectivity index (χ1v) is 11.1. The summed E-state index contributed by atoms with van der Waals surface area (Å²) < 4.78 is 30.0. The molecular formula is C23H23NO5S. The number of amides is 1. The van der Waals surface area contributed by atoms with Gasteiger partial charge in [-0.15, -0.1) is 0 Å². The maximum absolute atomic E-state index is 12.5. The van der Waals surface area contributed by atoms with Crippen LogP contribution in [0.25, 0.3) is 10.8 Å². The van der Waals surface area contributed by atoms with E-state index in [9.17, 15) is 18.0 Å². The number of benzene rings is 3. The lowest BCUT2D eigenvalue weighted by molar-refractivity contribution is -0.146. The third-order valence-corrected chi connectivity index (χ3v) is 6.52. The lowest BCUT2D eigenvalue weighted by atomic mass is 10.1. The molecule has 0 saturated carbocycles. The Bertz CT molecular complexity index is 1200. The molecule has 1 amide bonds. The maximum atomic E-state index is 12.5. The number of nitrogens with one attached hydrogen (secondary N) is 1. The Morgan fingerprint density at radius 1 is 0.900 bits per heavy atom. The number of hydrogen-bond donors (Lipinski definition) is 1. The topological polar surface area (TPSA) is 89.5 Å². The Hall–Kier alpha value is -3.19. The number of carbonyl (C=O) groups excluding carboxylic acids is 2. The van der Waals surface area contributed by atoms with E-state index in [2.05, 4.69) is 5.32 Å². The van der Waals surface area contributed by atoms with Gasteiger partial charge in [0.25, 0.3) is 5.91 Å². The van der Waals surface area contributed by atoms with Gasteiger partial charge < -0.3 is 10.1 Å². The molecule has 3 rings (SSSR count). The molecule has 0 bridgehead atoms. The zero-order chi connectivity index (χ0) is 21.7. The summed E-state index contributed by atoms with van der Waals surface area (Å²) in [6, 6.07) is 17.8. The molecule has 6 nitrogen and oxygen atoms in total. The molecule has 0 radical (unpaired) electrons. The number of hydrogen-bond acceptors (Lipinski definition) is 5. The van der Waals surface area contributed by atoms with E-state index in [1.54, 1.807) is 18.2 Å². The van der Waals surface area contributed by atoms with Crippen molar-refractivity contribution in [3.8, 4) is 0 Å². The van der Waals surface area contributed by atoms with Crippen molar-refractivity contribution in [1.29, 1.82) is 0 Å². The molecule has 0 fully saturated rings. The van der Waals surface area contributed by atoms with Gasteiger partial charge in [-0.05, 0) is 60.0 Å². The number of carbonyl (C=O) groups is 2. The normalized spacial score (nSPS) is 11.3. The molecule has 0 saturated heterocycles. The lowest BCUT2D eigenvalue weighted by Crippen LogP contribution is -2.22. The van der Waals surface area contributed by atoms with Gasteiger partial charge in [0.05, 0.1) is 17.1 Å². The Kier molecular flexibility index (Phi) is 6.52. The Morgan fingerprint density at radius 2 is 1.63 bits per heavy atom. The summed E-state index contributed by atoms with van der Waals surface area (Å²) in [6.45, 7) is 3.43. The average Bonchev–Trinajstić information content (AvgIpc) is 2.73. The smallest absolute Gasteiger partial charge is 0.307 e. The second-order valence-corrected chi connectivity index (χ2v) is 9.19. The summed E-state index contributed by atoms with van der Waals surface area (Å²) in [5, 5.41) is 4.39. The summed E-state index contributed by atoms with van der Waals surface area (Å²) in [6.07, 6.45) is -0.327. The number of rotatable bonds is 7. The third-order valence-electron chi connectivity index (χ3n) is 4.81. The van der Waals surface area contributed by atoms with Crippen LogP contribution in [0, 0.1) is 13.8 Å². The second kappa shape index (κ2) is 9.09. The van der Waals surface area contributed by atoms with Crippen LogP contribution in [0.2, 0.25) is 0 Å². The van der Waals surface area contributed by atoms with Crippen LogP contribution < -0.4 is 5.32 Å². The predicted molar refractivity (Wildman–Crippen MR) is 116 cm³/mol. The van der Waals surface area contributed by atoms with Gasteiger partial charge in [-0.2, -0.15) is 0 Å². The molecule has 0 unspecified atom stereocenters. The molecule has 0 spiro atoms. The molecule has 1 N–H and O–H groups in total. The highest BCUT2D eigenvalue weighted by Gasteiger charge is 2.18. The number of fused-ring (bicyclic) bond motifs is 1. The number of ether oxygens (including phenoxy) is 1. The summed E-state index contributed by atoms with van der Waals surface area (Å²) >= 11 is 0. The van der Waals surface area contributed by atoms with E-state index in [0.29, 0.717) is 5.69 Å². The molecule has 30 heavy (non-hydrogen) atoms. The van der Waals surface area contributed by atoms with Crippen LogP contribution in [0.3, 0.4) is 0 Å². The van der Waals surface area contributed by atoms with Crippen LogP contribution in [0.5, 0.6) is 0 Å². The molecule has 0 atom stereocenters. The highest BCUT2D eigenvalue weighted by Crippen LogP contribution is 2.20. The molecule has 0 aliphatic rings. The fourth-order valence-electron chi connectivity index (χ4n) is 2.93. The number of aryl methyl sites for hydroxylation is 2. The first kappa shape index (κ1) is 21.5. The highest BCUT2D eigenvalue weighted by molar-refractivity contribution is 7.91. The quantitative estimate of drug-likeness (QED) is 0.582. The van der Waals surface area contributed by atoms with E-state index in [-0.39, 0.29) is 17.1 Å². The van der Waals surface area contributed by atoms with E-state index < -0.39 is 28.3 Å². The molecule has 0 aliphatic carbocycles. The first-order chi connectivity index (χ1) is 14.2. The molecular weight excluding hydrogens is 402 g/mol. The standard InChI is InChI=1S/C23H23NO5S/c1-16-7-9-20(13-17(16)2)24-22(25)15-29-23(26)11-12-30(27,28)21-10-8-18-5-3-4-6-19(18)14-21/h3-10,13-14H,11-12,15H2,1-2H3,(H,24,25). The zero-order valence-electron chi connectivity index (χ0n) is 16.8. The summed E-state index contributed by atoms with van der Waals surface area (Å²) in [5.41, 5.74) is 2.74. The minimum atomic E-state index is -3.64. The zero-order valence-corrected chi connectivity index (χ0v) is 17.7. The van der Waals surface area contributed by atoms with Crippen LogP contribution >= 0.6 is 0 Å². The van der Waals surface area contributed by atoms with E-state index in [1.165, 1.54) is 6.07 Å². The van der Waals surface area contributed by atoms with Crippen molar-refractivity contribution in [3.05, 3.63) is 71.8 Å². The SMILES string of the molecule is Cc1ccc(NC(=O)COC(=O)CCS(=O)(=O)c2ccc3ccccc3c2)cc1C. The first-order valence-electron chi connectivity index (χ1n) is 9.49. The summed E-state index contributed by atoms with van der Waals surface area (Å²) in [5.74, 6) is -1.61. The minimum Gasteiger partial charge on any atom is -0.456 e. The average molecular weight is 426 g/mol. The van der Waals surface area contributed by atoms with Crippen molar-refractivity contribution in [1.82, 2.24) is 0 Å². The molecule has 3 aromatic carbocycles. The summed E-state index contributed by atoms with van der Waals surface area (Å²) in [7, 11) is -3.64. The van der Waals surface area contributed by atoms with Crippen molar-refractivity contribution in [2.75, 3.05) is 17.7 Å². The monoisotopic (exact) mass is 425 g/mol. The molecule has 0 aromatic heterocycles. The fourth-order valence-corrected chi connectivity index (χ4v) is 4.18. The van der Waals surface area contributed by atoms with Crippen molar-refractivity contribution in [2.24, 2.45) is 0 Å². The van der Waals surface area contributed by atoms with Gasteiger partial charge in [-0.3, -0.25) is 9.59 Å². The molecule has 0 heterocycles. The van der Waals surface area contributed by atoms with E-state index >= 15 is 0 Å². The van der Waals surface area contributed by atoms with Crippen LogP contribution in [-0.2, 0) is 24.2 Å². The number of anilines is 1. The lowest BCUT2D eigenvalue weighted by Gasteiger charge is -2.09. The molecule has 0 aliphatic heterocycles. The van der Waals surface area contributed by atoms with Gasteiger partial charge in [0.1, 0.15) is 0 Å². The van der Waals surface area contributed by atoms with Gasteiger partial charge in [-0.25, -0.2) is 8.42 Å². The molecule has 3 aromatic rings. The molecule has 7 heteroatoms. The van der Waals surface area contributed by atoms with E-state index in [0.717, 1.165) is 21.9 Å². The van der Waals surface area contributed by atoms with Gasteiger partial charge in [0, 0.05) is 5.69 Å². The van der Waals surface area contributed by atoms with Crippen LogP contribution in [0.15, 0.2) is 65.6 Å². The third kappa shape index (κ3) is 5.45. The number of sulfone groups is 1. The number of esters is 1. The molecule has 156 valence electrons. The van der Waals surface area contributed by atoms with Crippen molar-refractivity contribution in [3.63, 3.8) is 0 Å². The van der Waals surface area contributed by atoms with E-state index in [1.807, 2.05) is 50.2 Å². The largest absolute Gasteiger partial charge is 0.456 e. The fraction of sp³-hybridized carbons (Fsp3) is 0.217. The van der Waals surface area contributed by atoms with Crippen LogP contribution in [-0.4, -0.2) is 32.7 Å². The minimum absolute atomic E-state index is 0.154. The summed E-state index contributed by atoms with van der Waals surface area (Å²) in [4.78, 5) is 24.0. The van der Waals surface area contributed by atoms with Crippen molar-refractivity contribution >= 4 is 38.2 Å². The van der Waals surface area contributed by atoms with Gasteiger partial charge in [0.15, 0.2) is 16.4 Å². The van der Waals surface area contributed by atoms with Gasteiger partial charge in [0.2, 0.25) is 0 Å². The Labute approximate surface area is 175 Å². The van der Waals surface area contributed by atoms with Crippen LogP contribution in [0.1, 0.15) is 17.5 Å². The van der Waals surface area contributed by atoms with Crippen molar-refractivity contribution in [2.45, 2.75) is 25.2 Å². The Balaban J connectivity index is 1.51. The van der Waals surface area contributed by atoms with E-state index in [4.69, 9.17) is 4.74 Å². The van der Waals surface area contributed by atoms with Gasteiger partial charge >= 0.3 is 5.97 Å². The van der Waals surface area contributed by atoms with Crippen molar-refractivity contribution < 1.29 is 22.7 Å². The Morgan fingerprint density at radius 3 is 2.37 bits per heavy atom. The predicted octanol–water partition coefficient (Wildman–Crippen LogP) is 3.80. The highest BCUT2D eigenvalue weighted by atomic mass is 32.2. The van der Waals surface area contributed by atoms with Crippen LogP contribution in [0.4, 0.5) is 5.69 Å². The second-order valence-electron chi connectivity index (χ2n) is 7.09. The maximum Gasteiger partial charge on any atom is 0.307 e.